The Labute approximate surface area is 92.7 Å². The van der Waals surface area contributed by atoms with Crippen molar-refractivity contribution in [1.29, 1.82) is 0 Å². The number of hydrogen-bond donors (Lipinski definition) is 1. The number of aryl methyl sites for hydroxylation is 2. The zero-order valence-electron chi connectivity index (χ0n) is 8.65. The number of hydrogen-bond acceptors (Lipinski definition) is 4. The summed E-state index contributed by atoms with van der Waals surface area (Å²) in [6, 6.07) is 3.86. The fraction of sp³-hybridized carbons (Fsp3) is 0.182. The molecule has 2 heterocycles. The van der Waals surface area contributed by atoms with Crippen LogP contribution in [-0.2, 0) is 0 Å². The molecule has 0 amide bonds. The lowest BCUT2D eigenvalue weighted by molar-refractivity contribution is 0.527. The van der Waals surface area contributed by atoms with Crippen LogP contribution in [0.5, 0.6) is 0 Å². The van der Waals surface area contributed by atoms with Crippen molar-refractivity contribution in [2.24, 2.45) is 0 Å². The first kappa shape index (κ1) is 10.1. The number of furan rings is 1. The second-order valence-electron chi connectivity index (χ2n) is 3.33. The molecule has 3 nitrogen and oxygen atoms in total. The topological polar surface area (TPSA) is 52.0 Å². The fourth-order valence-electron chi connectivity index (χ4n) is 1.27. The highest BCUT2D eigenvalue weighted by Crippen LogP contribution is 2.31. The summed E-state index contributed by atoms with van der Waals surface area (Å²) in [6.07, 6.45) is 3.36. The third-order valence-electron chi connectivity index (χ3n) is 2.07. The number of rotatable bonds is 2. The van der Waals surface area contributed by atoms with Gasteiger partial charge in [0.05, 0.1) is 23.0 Å². The van der Waals surface area contributed by atoms with Gasteiger partial charge in [-0.15, -0.1) is 0 Å². The van der Waals surface area contributed by atoms with Gasteiger partial charge in [-0.25, -0.2) is 4.98 Å². The summed E-state index contributed by atoms with van der Waals surface area (Å²) in [5.74, 6) is 0.915. The molecule has 0 saturated carbocycles. The lowest BCUT2D eigenvalue weighted by Gasteiger charge is -2.03. The molecule has 0 aliphatic carbocycles. The van der Waals surface area contributed by atoms with Crippen molar-refractivity contribution < 1.29 is 4.42 Å². The summed E-state index contributed by atoms with van der Waals surface area (Å²) < 4.78 is 5.23. The third kappa shape index (κ3) is 2.15. The van der Waals surface area contributed by atoms with Crippen molar-refractivity contribution in [3.63, 3.8) is 0 Å². The molecule has 0 radical (unpaired) electrons. The van der Waals surface area contributed by atoms with Crippen molar-refractivity contribution in [2.45, 2.75) is 23.8 Å². The Morgan fingerprint density at radius 3 is 2.80 bits per heavy atom. The van der Waals surface area contributed by atoms with Crippen LogP contribution in [0, 0.1) is 13.8 Å². The number of anilines is 1. The molecular weight excluding hydrogens is 208 g/mol. The minimum atomic E-state index is 0.695. The molecular formula is C11H12N2OS. The van der Waals surface area contributed by atoms with Gasteiger partial charge in [-0.2, -0.15) is 0 Å². The lowest BCUT2D eigenvalue weighted by atomic mass is 10.3. The van der Waals surface area contributed by atoms with E-state index in [1.54, 1.807) is 24.2 Å². The first-order chi connectivity index (χ1) is 7.16. The van der Waals surface area contributed by atoms with E-state index >= 15 is 0 Å². The molecule has 2 rings (SSSR count). The van der Waals surface area contributed by atoms with Crippen molar-refractivity contribution in [3.8, 4) is 0 Å². The van der Waals surface area contributed by atoms with Gasteiger partial charge in [-0.3, -0.25) is 0 Å². The molecule has 0 saturated heterocycles. The van der Waals surface area contributed by atoms with E-state index < -0.39 is 0 Å². The maximum atomic E-state index is 5.64. The molecule has 2 aromatic heterocycles. The van der Waals surface area contributed by atoms with Gasteiger partial charge in [0.2, 0.25) is 0 Å². The van der Waals surface area contributed by atoms with Crippen LogP contribution >= 0.6 is 11.8 Å². The normalized spacial score (nSPS) is 10.5. The van der Waals surface area contributed by atoms with Gasteiger partial charge in [-0.1, -0.05) is 11.8 Å². The molecule has 78 valence electrons. The van der Waals surface area contributed by atoms with Gasteiger partial charge in [0.1, 0.15) is 10.8 Å². The molecule has 4 heteroatoms. The molecule has 0 aromatic carbocycles. The van der Waals surface area contributed by atoms with Gasteiger partial charge >= 0.3 is 0 Å². The average Bonchev–Trinajstić information content (AvgIpc) is 2.57. The molecule has 0 spiro atoms. The van der Waals surface area contributed by atoms with E-state index in [1.807, 2.05) is 26.0 Å². The van der Waals surface area contributed by atoms with Crippen molar-refractivity contribution in [3.05, 3.63) is 35.9 Å². The zero-order chi connectivity index (χ0) is 10.8. The summed E-state index contributed by atoms with van der Waals surface area (Å²) in [7, 11) is 0. The lowest BCUT2D eigenvalue weighted by Crippen LogP contribution is -1.90. The molecule has 2 aromatic rings. The second kappa shape index (κ2) is 3.98. The van der Waals surface area contributed by atoms with E-state index in [-0.39, 0.29) is 0 Å². The SMILES string of the molecule is Cc1cc(N)cnc1Sc1ccoc1C. The van der Waals surface area contributed by atoms with E-state index in [0.29, 0.717) is 5.69 Å². The van der Waals surface area contributed by atoms with Crippen LogP contribution in [0.4, 0.5) is 5.69 Å². The predicted molar refractivity (Wildman–Crippen MR) is 61.0 cm³/mol. The molecule has 0 aliphatic rings. The van der Waals surface area contributed by atoms with Crippen molar-refractivity contribution in [2.75, 3.05) is 5.73 Å². The minimum absolute atomic E-state index is 0.695. The molecule has 0 atom stereocenters. The first-order valence-electron chi connectivity index (χ1n) is 4.61. The van der Waals surface area contributed by atoms with Gasteiger partial charge in [0.15, 0.2) is 0 Å². The maximum Gasteiger partial charge on any atom is 0.114 e. The molecule has 0 unspecified atom stereocenters. The Kier molecular flexibility index (Phi) is 2.68. The van der Waals surface area contributed by atoms with Crippen molar-refractivity contribution in [1.82, 2.24) is 4.98 Å². The number of nitrogen functional groups attached to an aromatic ring is 1. The quantitative estimate of drug-likeness (QED) is 0.845. The first-order valence-corrected chi connectivity index (χ1v) is 5.42. The molecule has 0 aliphatic heterocycles. The van der Waals surface area contributed by atoms with E-state index in [0.717, 1.165) is 21.2 Å². The second-order valence-corrected chi connectivity index (χ2v) is 4.36. The van der Waals surface area contributed by atoms with Gasteiger partial charge in [0, 0.05) is 0 Å². The number of nitrogens with two attached hydrogens (primary N) is 1. The highest BCUT2D eigenvalue weighted by molar-refractivity contribution is 7.99. The number of aromatic nitrogens is 1. The van der Waals surface area contributed by atoms with Gasteiger partial charge in [0.25, 0.3) is 0 Å². The summed E-state index contributed by atoms with van der Waals surface area (Å²) in [6.45, 7) is 3.94. The Morgan fingerprint density at radius 1 is 1.40 bits per heavy atom. The van der Waals surface area contributed by atoms with E-state index in [9.17, 15) is 0 Å². The highest BCUT2D eigenvalue weighted by Gasteiger charge is 2.07. The fourth-order valence-corrected chi connectivity index (χ4v) is 2.12. The van der Waals surface area contributed by atoms with Crippen LogP contribution in [0.15, 0.2) is 38.9 Å². The Balaban J connectivity index is 2.29. The summed E-state index contributed by atoms with van der Waals surface area (Å²) in [5.41, 5.74) is 7.42. The summed E-state index contributed by atoms with van der Waals surface area (Å²) in [4.78, 5) is 5.38. The zero-order valence-corrected chi connectivity index (χ0v) is 9.47. The van der Waals surface area contributed by atoms with Gasteiger partial charge < -0.3 is 10.2 Å². The van der Waals surface area contributed by atoms with E-state index in [2.05, 4.69) is 4.98 Å². The summed E-state index contributed by atoms with van der Waals surface area (Å²) in [5, 5.41) is 0.966. The predicted octanol–water partition coefficient (Wildman–Crippen LogP) is 3.02. The van der Waals surface area contributed by atoms with Crippen LogP contribution in [0.2, 0.25) is 0 Å². The third-order valence-corrected chi connectivity index (χ3v) is 3.33. The molecule has 0 bridgehead atoms. The minimum Gasteiger partial charge on any atom is -0.468 e. The largest absolute Gasteiger partial charge is 0.468 e. The smallest absolute Gasteiger partial charge is 0.114 e. The Morgan fingerprint density at radius 2 is 2.20 bits per heavy atom. The molecule has 0 fully saturated rings. The highest BCUT2D eigenvalue weighted by atomic mass is 32.2. The molecule has 2 N–H and O–H groups in total. The maximum absolute atomic E-state index is 5.64. The average molecular weight is 220 g/mol. The Bertz CT molecular complexity index is 479. The summed E-state index contributed by atoms with van der Waals surface area (Å²) >= 11 is 1.60. The number of pyridine rings is 1. The monoisotopic (exact) mass is 220 g/mol. The van der Waals surface area contributed by atoms with Crippen LogP contribution in [-0.4, -0.2) is 4.98 Å². The number of nitrogens with zero attached hydrogens (tertiary/aromatic N) is 1. The van der Waals surface area contributed by atoms with Crippen LogP contribution < -0.4 is 5.73 Å². The Hall–Kier alpha value is -1.42. The van der Waals surface area contributed by atoms with Crippen molar-refractivity contribution >= 4 is 17.4 Å². The van der Waals surface area contributed by atoms with Crippen LogP contribution in [0.3, 0.4) is 0 Å². The van der Waals surface area contributed by atoms with E-state index in [4.69, 9.17) is 10.2 Å². The van der Waals surface area contributed by atoms with Gasteiger partial charge in [-0.05, 0) is 31.5 Å². The van der Waals surface area contributed by atoms with E-state index in [1.165, 1.54) is 0 Å². The van der Waals surface area contributed by atoms with Crippen LogP contribution in [0.1, 0.15) is 11.3 Å². The standard InChI is InChI=1S/C11H12N2OS/c1-7-5-9(12)6-13-11(7)15-10-3-4-14-8(10)2/h3-6H,12H2,1-2H3. The molecule has 15 heavy (non-hydrogen) atoms. The van der Waals surface area contributed by atoms with Crippen LogP contribution in [0.25, 0.3) is 0 Å².